The molecular weight excluding hydrogens is 240 g/mol. The summed E-state index contributed by atoms with van der Waals surface area (Å²) in [7, 11) is 1.78. The van der Waals surface area contributed by atoms with Gasteiger partial charge in [-0.2, -0.15) is 0 Å². The molecule has 1 heterocycles. The number of carboxylic acids is 1. The van der Waals surface area contributed by atoms with Crippen molar-refractivity contribution in [2.75, 3.05) is 20.1 Å². The fourth-order valence-corrected chi connectivity index (χ4v) is 3.82. The molecule has 110 valence electrons. The summed E-state index contributed by atoms with van der Waals surface area (Å²) in [6.45, 7) is 4.59. The maximum Gasteiger partial charge on any atom is 0.323 e. The first-order valence-corrected chi connectivity index (χ1v) is 7.77. The predicted molar refractivity (Wildman–Crippen MR) is 76.3 cm³/mol. The van der Waals surface area contributed by atoms with Gasteiger partial charge in [-0.15, -0.1) is 0 Å². The fraction of sp³-hybridized carbons (Fsp3) is 0.933. The zero-order valence-corrected chi connectivity index (χ0v) is 12.3. The minimum Gasteiger partial charge on any atom is -0.480 e. The second kappa shape index (κ2) is 6.23. The van der Waals surface area contributed by atoms with E-state index >= 15 is 0 Å². The molecule has 3 unspecified atom stereocenters. The molecule has 0 amide bonds. The van der Waals surface area contributed by atoms with E-state index in [2.05, 4.69) is 17.1 Å². The normalized spacial score (nSPS) is 37.2. The van der Waals surface area contributed by atoms with Crippen LogP contribution in [0.5, 0.6) is 0 Å². The Balaban J connectivity index is 1.95. The van der Waals surface area contributed by atoms with Gasteiger partial charge in [0.1, 0.15) is 5.54 Å². The van der Waals surface area contributed by atoms with Gasteiger partial charge in [0, 0.05) is 6.04 Å². The highest BCUT2D eigenvalue weighted by atomic mass is 16.4. The molecule has 4 nitrogen and oxygen atoms in total. The average molecular weight is 268 g/mol. The SMILES string of the molecule is CCC1CCCN(C2CCC(NC)(C(=O)O)C2)CC1. The zero-order valence-electron chi connectivity index (χ0n) is 12.3. The molecule has 0 aromatic rings. The molecule has 19 heavy (non-hydrogen) atoms. The molecule has 2 N–H and O–H groups in total. The molecule has 4 heteroatoms. The molecule has 0 radical (unpaired) electrons. The van der Waals surface area contributed by atoms with E-state index in [1.54, 1.807) is 7.05 Å². The van der Waals surface area contributed by atoms with Gasteiger partial charge in [-0.05, 0) is 64.6 Å². The van der Waals surface area contributed by atoms with E-state index in [9.17, 15) is 9.90 Å². The Bertz CT molecular complexity index is 321. The van der Waals surface area contributed by atoms with Gasteiger partial charge >= 0.3 is 5.97 Å². The lowest BCUT2D eigenvalue weighted by molar-refractivity contribution is -0.144. The summed E-state index contributed by atoms with van der Waals surface area (Å²) < 4.78 is 0. The molecule has 2 rings (SSSR count). The fourth-order valence-electron chi connectivity index (χ4n) is 3.82. The number of hydrogen-bond acceptors (Lipinski definition) is 3. The van der Waals surface area contributed by atoms with Crippen molar-refractivity contribution in [3.8, 4) is 0 Å². The lowest BCUT2D eigenvalue weighted by atomic mass is 9.97. The molecule has 1 aliphatic carbocycles. The molecule has 0 aromatic heterocycles. The zero-order chi connectivity index (χ0) is 13.9. The summed E-state index contributed by atoms with van der Waals surface area (Å²) in [4.78, 5) is 14.0. The highest BCUT2D eigenvalue weighted by Crippen LogP contribution is 2.34. The minimum absolute atomic E-state index is 0.458. The summed E-state index contributed by atoms with van der Waals surface area (Å²) in [6, 6.07) is 0.458. The van der Waals surface area contributed by atoms with Gasteiger partial charge in [-0.1, -0.05) is 13.3 Å². The van der Waals surface area contributed by atoms with E-state index in [0.717, 1.165) is 38.3 Å². The van der Waals surface area contributed by atoms with Crippen molar-refractivity contribution in [1.29, 1.82) is 0 Å². The van der Waals surface area contributed by atoms with Crippen molar-refractivity contribution in [3.63, 3.8) is 0 Å². The van der Waals surface area contributed by atoms with Crippen LogP contribution < -0.4 is 5.32 Å². The molecular formula is C15H28N2O2. The van der Waals surface area contributed by atoms with Crippen LogP contribution in [0.2, 0.25) is 0 Å². The highest BCUT2D eigenvalue weighted by molar-refractivity contribution is 5.79. The number of carboxylic acid groups (broad SMARTS) is 1. The molecule has 2 aliphatic rings. The Hall–Kier alpha value is -0.610. The monoisotopic (exact) mass is 268 g/mol. The maximum atomic E-state index is 11.5. The van der Waals surface area contributed by atoms with E-state index < -0.39 is 11.5 Å². The third-order valence-corrected chi connectivity index (χ3v) is 5.35. The van der Waals surface area contributed by atoms with Crippen molar-refractivity contribution in [2.24, 2.45) is 5.92 Å². The molecule has 1 saturated heterocycles. The van der Waals surface area contributed by atoms with Crippen molar-refractivity contribution in [1.82, 2.24) is 10.2 Å². The number of hydrogen-bond donors (Lipinski definition) is 2. The number of likely N-dealkylation sites (N-methyl/N-ethyl adjacent to an activating group) is 1. The van der Waals surface area contributed by atoms with Gasteiger partial charge in [-0.25, -0.2) is 0 Å². The van der Waals surface area contributed by atoms with Crippen LogP contribution in [-0.2, 0) is 4.79 Å². The Kier molecular flexibility index (Phi) is 4.85. The minimum atomic E-state index is -0.682. The lowest BCUT2D eigenvalue weighted by Gasteiger charge is -2.29. The summed E-state index contributed by atoms with van der Waals surface area (Å²) >= 11 is 0. The smallest absolute Gasteiger partial charge is 0.323 e. The van der Waals surface area contributed by atoms with Crippen LogP contribution in [0, 0.1) is 5.92 Å². The molecule has 0 bridgehead atoms. The molecule has 1 aliphatic heterocycles. The van der Waals surface area contributed by atoms with Crippen LogP contribution in [0.4, 0.5) is 0 Å². The number of rotatable bonds is 4. The van der Waals surface area contributed by atoms with Crippen LogP contribution in [0.15, 0.2) is 0 Å². The van der Waals surface area contributed by atoms with Gasteiger partial charge < -0.3 is 15.3 Å². The van der Waals surface area contributed by atoms with Crippen LogP contribution in [-0.4, -0.2) is 47.7 Å². The van der Waals surface area contributed by atoms with E-state index in [4.69, 9.17) is 0 Å². The van der Waals surface area contributed by atoms with Crippen molar-refractivity contribution in [3.05, 3.63) is 0 Å². The molecule has 1 saturated carbocycles. The third-order valence-electron chi connectivity index (χ3n) is 5.35. The summed E-state index contributed by atoms with van der Waals surface area (Å²) in [5.41, 5.74) is -0.679. The van der Waals surface area contributed by atoms with Gasteiger partial charge in [0.25, 0.3) is 0 Å². The van der Waals surface area contributed by atoms with E-state index in [0.29, 0.717) is 6.04 Å². The summed E-state index contributed by atoms with van der Waals surface area (Å²) in [5, 5.41) is 12.5. The largest absolute Gasteiger partial charge is 0.480 e. The number of likely N-dealkylation sites (tertiary alicyclic amines) is 1. The Morgan fingerprint density at radius 2 is 2.16 bits per heavy atom. The van der Waals surface area contributed by atoms with Crippen molar-refractivity contribution >= 4 is 5.97 Å². The first-order valence-electron chi connectivity index (χ1n) is 7.77. The van der Waals surface area contributed by atoms with E-state index in [1.807, 2.05) is 0 Å². The second-order valence-electron chi connectivity index (χ2n) is 6.28. The Labute approximate surface area is 116 Å². The van der Waals surface area contributed by atoms with Crippen LogP contribution in [0.3, 0.4) is 0 Å². The average Bonchev–Trinajstić information content (AvgIpc) is 2.72. The first kappa shape index (κ1) is 14.8. The van der Waals surface area contributed by atoms with Gasteiger partial charge in [0.05, 0.1) is 0 Å². The standard InChI is InChI=1S/C15H28N2O2/c1-3-12-5-4-9-17(10-7-12)13-6-8-15(11-13,16-2)14(18)19/h12-13,16H,3-11H2,1-2H3,(H,18,19). The first-order chi connectivity index (χ1) is 9.11. The topological polar surface area (TPSA) is 52.6 Å². The molecule has 2 fully saturated rings. The number of carbonyl (C=O) groups is 1. The van der Waals surface area contributed by atoms with Crippen LogP contribution >= 0.6 is 0 Å². The molecule has 3 atom stereocenters. The second-order valence-corrected chi connectivity index (χ2v) is 6.28. The van der Waals surface area contributed by atoms with Crippen molar-refractivity contribution < 1.29 is 9.90 Å². The number of nitrogens with zero attached hydrogens (tertiary/aromatic N) is 1. The quantitative estimate of drug-likeness (QED) is 0.820. The summed E-state index contributed by atoms with van der Waals surface area (Å²) in [6.07, 6.45) is 7.72. The lowest BCUT2D eigenvalue weighted by Crippen LogP contribution is -2.49. The van der Waals surface area contributed by atoms with E-state index in [-0.39, 0.29) is 0 Å². The third kappa shape index (κ3) is 3.11. The van der Waals surface area contributed by atoms with Gasteiger partial charge in [0.2, 0.25) is 0 Å². The van der Waals surface area contributed by atoms with Gasteiger partial charge in [-0.3, -0.25) is 4.79 Å². The highest BCUT2D eigenvalue weighted by Gasteiger charge is 2.45. The van der Waals surface area contributed by atoms with E-state index in [1.165, 1.54) is 25.7 Å². The van der Waals surface area contributed by atoms with Crippen LogP contribution in [0.1, 0.15) is 51.9 Å². The predicted octanol–water partition coefficient (Wildman–Crippen LogP) is 2.09. The molecule has 0 spiro atoms. The van der Waals surface area contributed by atoms with Gasteiger partial charge in [0.15, 0.2) is 0 Å². The number of nitrogens with one attached hydrogen (secondary N) is 1. The Morgan fingerprint density at radius 3 is 2.74 bits per heavy atom. The number of aliphatic carboxylic acids is 1. The van der Waals surface area contributed by atoms with Crippen molar-refractivity contribution in [2.45, 2.75) is 63.5 Å². The van der Waals surface area contributed by atoms with Crippen LogP contribution in [0.25, 0.3) is 0 Å². The molecule has 0 aromatic carbocycles. The Morgan fingerprint density at radius 1 is 1.37 bits per heavy atom. The maximum absolute atomic E-state index is 11.5. The summed E-state index contributed by atoms with van der Waals surface area (Å²) in [5.74, 6) is 0.193.